The first-order chi connectivity index (χ1) is 36.9. The van der Waals surface area contributed by atoms with Crippen molar-refractivity contribution in [2.75, 3.05) is 9.80 Å². The molecule has 75 heavy (non-hydrogen) atoms. The molecule has 358 valence electrons. The third-order valence-electron chi connectivity index (χ3n) is 16.1. The molecule has 11 aromatic rings. The lowest BCUT2D eigenvalue weighted by atomic mass is 9.33. The van der Waals surface area contributed by atoms with E-state index in [-0.39, 0.29) is 12.1 Å². The Morgan fingerprint density at radius 3 is 0.960 bits per heavy atom. The van der Waals surface area contributed by atoms with Crippen LogP contribution in [-0.2, 0) is 16.2 Å². The highest BCUT2D eigenvalue weighted by molar-refractivity contribution is 7.00. The van der Waals surface area contributed by atoms with E-state index in [4.69, 9.17) is 0 Å². The summed E-state index contributed by atoms with van der Waals surface area (Å²) in [6, 6.07) is 108. The molecule has 0 bridgehead atoms. The molecule has 0 saturated carbocycles. The Balaban J connectivity index is 1.06. The molecule has 0 aliphatic carbocycles. The zero-order valence-corrected chi connectivity index (χ0v) is 42.7. The summed E-state index contributed by atoms with van der Waals surface area (Å²) >= 11 is 0. The van der Waals surface area contributed by atoms with Crippen LogP contribution in [0.4, 0.5) is 34.1 Å². The predicted molar refractivity (Wildman–Crippen MR) is 316 cm³/mol. The lowest BCUT2D eigenvalue weighted by Crippen LogP contribution is -2.61. The molecule has 0 saturated heterocycles. The van der Waals surface area contributed by atoms with Crippen molar-refractivity contribution in [3.05, 3.63) is 341 Å². The molecule has 11 aromatic carbocycles. The second-order valence-corrected chi connectivity index (χ2v) is 21.2. The third-order valence-corrected chi connectivity index (χ3v) is 16.1. The number of benzene rings is 11. The first-order valence-electron chi connectivity index (χ1n) is 26.4. The molecule has 0 fully saturated rings. The third kappa shape index (κ3) is 7.40. The van der Waals surface area contributed by atoms with E-state index in [9.17, 15) is 0 Å². The van der Waals surface area contributed by atoms with Crippen LogP contribution in [0.15, 0.2) is 291 Å². The van der Waals surface area contributed by atoms with E-state index in [0.717, 1.165) is 11.4 Å². The normalized spacial score (nSPS) is 12.9. The molecule has 0 unspecified atom stereocenters. The van der Waals surface area contributed by atoms with Gasteiger partial charge in [-0.25, -0.2) is 0 Å². The number of anilines is 6. The van der Waals surface area contributed by atoms with Crippen LogP contribution in [-0.4, -0.2) is 6.71 Å². The van der Waals surface area contributed by atoms with Crippen LogP contribution in [0.25, 0.3) is 0 Å². The highest BCUT2D eigenvalue weighted by Crippen LogP contribution is 2.51. The van der Waals surface area contributed by atoms with Crippen LogP contribution in [0.2, 0.25) is 0 Å². The molecule has 0 spiro atoms. The van der Waals surface area contributed by atoms with E-state index >= 15 is 0 Å². The average Bonchev–Trinajstić information content (AvgIpc) is 3.48. The first-order valence-corrected chi connectivity index (χ1v) is 26.4. The van der Waals surface area contributed by atoms with Gasteiger partial charge in [0, 0.05) is 34.1 Å². The van der Waals surface area contributed by atoms with Gasteiger partial charge in [-0.3, -0.25) is 0 Å². The van der Waals surface area contributed by atoms with Gasteiger partial charge in [0.1, 0.15) is 0 Å². The molecule has 2 nitrogen and oxygen atoms in total. The van der Waals surface area contributed by atoms with Gasteiger partial charge in [0.15, 0.2) is 0 Å². The number of nitrogens with zero attached hydrogens (tertiary/aromatic N) is 2. The Morgan fingerprint density at radius 2 is 0.573 bits per heavy atom. The van der Waals surface area contributed by atoms with Crippen molar-refractivity contribution < 1.29 is 0 Å². The summed E-state index contributed by atoms with van der Waals surface area (Å²) < 4.78 is 0. The summed E-state index contributed by atoms with van der Waals surface area (Å²) in [5.41, 5.74) is 20.6. The van der Waals surface area contributed by atoms with Crippen LogP contribution in [0.5, 0.6) is 0 Å². The quantitative estimate of drug-likeness (QED) is 0.0995. The van der Waals surface area contributed by atoms with Gasteiger partial charge in [0.05, 0.1) is 10.8 Å². The summed E-state index contributed by atoms with van der Waals surface area (Å²) in [4.78, 5) is 5.10. The lowest BCUT2D eigenvalue weighted by Gasteiger charge is -2.45. The zero-order chi connectivity index (χ0) is 50.6. The number of rotatable bonds is 10. The van der Waals surface area contributed by atoms with Crippen molar-refractivity contribution in [3.8, 4) is 0 Å². The highest BCUT2D eigenvalue weighted by Gasteiger charge is 2.45. The standard InChI is InChI=1S/C72H57BN2/c1-70(2,3)58-47-48-66-64(51-58)73-63-43-22-23-44-65(63)74(61-41-24-39-59(49-61)71(52-27-10-4-11-28-52,53-29-12-5-13-30-53)54-31-14-6-15-32-54)67-45-26-46-68(69(67)73)75(66)62-42-25-40-60(50-62)72(55-33-16-7-17-34-55,56-35-18-8-19-36-56)57-37-20-9-21-38-57/h4-51H,1-3H3. The van der Waals surface area contributed by atoms with Gasteiger partial charge in [0.2, 0.25) is 0 Å². The Kier molecular flexibility index (Phi) is 11.3. The SMILES string of the molecule is CC(C)(C)c1ccc2c(c1)B1c3ccccc3N(c3cccc(C(c4ccccc4)(c4ccccc4)c4ccccc4)c3)c3cccc(c31)N2c1cccc(C(c2ccccc2)(c2ccccc2)c2ccccc2)c1. The fourth-order valence-corrected chi connectivity index (χ4v) is 12.8. The smallest absolute Gasteiger partial charge is 0.252 e. The van der Waals surface area contributed by atoms with Crippen molar-refractivity contribution in [2.45, 2.75) is 37.0 Å². The fourth-order valence-electron chi connectivity index (χ4n) is 12.8. The zero-order valence-electron chi connectivity index (χ0n) is 42.7. The van der Waals surface area contributed by atoms with Gasteiger partial charge in [-0.05, 0) is 120 Å². The molecule has 2 aliphatic heterocycles. The summed E-state index contributed by atoms with van der Waals surface area (Å²) in [6.07, 6.45) is 0. The number of hydrogen-bond acceptors (Lipinski definition) is 2. The Morgan fingerprint density at radius 1 is 0.253 bits per heavy atom. The molecule has 0 N–H and O–H groups in total. The monoisotopic (exact) mass is 960 g/mol. The molecular weight excluding hydrogens is 904 g/mol. The summed E-state index contributed by atoms with van der Waals surface area (Å²) in [6.45, 7) is 6.98. The number of para-hydroxylation sites is 1. The van der Waals surface area contributed by atoms with Crippen molar-refractivity contribution in [3.63, 3.8) is 0 Å². The van der Waals surface area contributed by atoms with E-state index in [2.05, 4.69) is 322 Å². The van der Waals surface area contributed by atoms with Gasteiger partial charge in [-0.2, -0.15) is 0 Å². The Labute approximate surface area is 443 Å². The van der Waals surface area contributed by atoms with Crippen molar-refractivity contribution in [1.29, 1.82) is 0 Å². The van der Waals surface area contributed by atoms with Crippen molar-refractivity contribution >= 4 is 57.2 Å². The van der Waals surface area contributed by atoms with Crippen LogP contribution in [0, 0.1) is 0 Å². The van der Waals surface area contributed by atoms with Crippen molar-refractivity contribution in [2.24, 2.45) is 0 Å². The average molecular weight is 961 g/mol. The number of hydrogen-bond donors (Lipinski definition) is 0. The molecule has 2 aliphatic rings. The van der Waals surface area contributed by atoms with E-state index in [1.807, 2.05) is 0 Å². The Bertz CT molecular complexity index is 3610. The van der Waals surface area contributed by atoms with E-state index < -0.39 is 10.8 Å². The molecule has 0 aromatic heterocycles. The summed E-state index contributed by atoms with van der Waals surface area (Å²) in [5, 5.41) is 0. The van der Waals surface area contributed by atoms with Gasteiger partial charge in [-0.15, -0.1) is 0 Å². The second kappa shape index (κ2) is 18.5. The van der Waals surface area contributed by atoms with E-state index in [1.54, 1.807) is 0 Å². The summed E-state index contributed by atoms with van der Waals surface area (Å²) in [7, 11) is 0. The van der Waals surface area contributed by atoms with E-state index in [0.29, 0.717) is 0 Å². The minimum atomic E-state index is -0.609. The lowest BCUT2D eigenvalue weighted by molar-refractivity contribution is 0.591. The molecule has 3 heteroatoms. The molecule has 13 rings (SSSR count). The largest absolute Gasteiger partial charge is 0.311 e. The second-order valence-electron chi connectivity index (χ2n) is 21.2. The topological polar surface area (TPSA) is 6.48 Å². The van der Waals surface area contributed by atoms with Crippen LogP contribution >= 0.6 is 0 Å². The molecular formula is C72H57BN2. The maximum Gasteiger partial charge on any atom is 0.252 e. The molecule has 0 radical (unpaired) electrons. The minimum Gasteiger partial charge on any atom is -0.311 e. The first kappa shape index (κ1) is 45.9. The van der Waals surface area contributed by atoms with Gasteiger partial charge >= 0.3 is 0 Å². The Hall–Kier alpha value is -8.92. The predicted octanol–water partition coefficient (Wildman–Crippen LogP) is 15.8. The maximum atomic E-state index is 2.56. The van der Waals surface area contributed by atoms with E-state index in [1.165, 1.54) is 89.2 Å². The highest BCUT2D eigenvalue weighted by atomic mass is 15.2. The van der Waals surface area contributed by atoms with Crippen LogP contribution in [0.3, 0.4) is 0 Å². The maximum absolute atomic E-state index is 2.56. The summed E-state index contributed by atoms with van der Waals surface area (Å²) in [5.74, 6) is 0. The van der Waals surface area contributed by atoms with Crippen LogP contribution < -0.4 is 26.2 Å². The van der Waals surface area contributed by atoms with Crippen molar-refractivity contribution in [1.82, 2.24) is 0 Å². The van der Waals surface area contributed by atoms with Gasteiger partial charge < -0.3 is 9.80 Å². The fraction of sp³-hybridized carbons (Fsp3) is 0.0833. The molecule has 0 amide bonds. The van der Waals surface area contributed by atoms with Gasteiger partial charge in [0.25, 0.3) is 6.71 Å². The molecule has 0 atom stereocenters. The minimum absolute atomic E-state index is 0.0161. The number of fused-ring (bicyclic) bond motifs is 4. The van der Waals surface area contributed by atoms with Gasteiger partial charge in [-0.1, -0.05) is 263 Å². The van der Waals surface area contributed by atoms with Crippen LogP contribution in [0.1, 0.15) is 70.8 Å². The molecule has 2 heterocycles.